The van der Waals surface area contributed by atoms with Gasteiger partial charge in [0.2, 0.25) is 5.75 Å². The lowest BCUT2D eigenvalue weighted by Crippen LogP contribution is -2.29. The molecule has 0 fully saturated rings. The van der Waals surface area contributed by atoms with Crippen LogP contribution in [0.2, 0.25) is 0 Å². The number of carbonyl (C=O) groups is 1. The second kappa shape index (κ2) is 9.17. The van der Waals surface area contributed by atoms with Crippen LogP contribution in [0.25, 0.3) is 0 Å². The Balaban J connectivity index is 2.39. The first-order valence-electron chi connectivity index (χ1n) is 8.90. The molecule has 1 aromatic carbocycles. The smallest absolute Gasteiger partial charge is 0.254 e. The minimum absolute atomic E-state index is 0.154. The predicted octanol–water partition coefficient (Wildman–Crippen LogP) is 4.31. The molecule has 2 rings (SSSR count). The van der Waals surface area contributed by atoms with Gasteiger partial charge in [-0.3, -0.25) is 4.79 Å². The molecule has 142 valence electrons. The lowest BCUT2D eigenvalue weighted by molar-refractivity contribution is 0.0725. The molecule has 0 saturated carbocycles. The second-order valence-electron chi connectivity index (χ2n) is 5.71. The number of ether oxygens (including phenoxy) is 3. The highest BCUT2D eigenvalue weighted by Crippen LogP contribution is 2.39. The van der Waals surface area contributed by atoms with E-state index in [1.54, 1.807) is 36.4 Å². The molecule has 0 N–H and O–H groups in total. The maximum atomic E-state index is 13.0. The Labute approximate surface area is 154 Å². The fraction of sp³-hybridized carbons (Fsp3) is 0.450. The zero-order valence-electron chi connectivity index (χ0n) is 16.1. The van der Waals surface area contributed by atoms with Crippen LogP contribution in [0.1, 0.15) is 49.9 Å². The van der Waals surface area contributed by atoms with Crippen LogP contribution in [-0.2, 0) is 0 Å². The quantitative estimate of drug-likeness (QED) is 0.666. The van der Waals surface area contributed by atoms with E-state index in [2.05, 4.69) is 0 Å². The Hall–Kier alpha value is -2.63. The fourth-order valence-electron chi connectivity index (χ4n) is 2.61. The highest BCUT2D eigenvalue weighted by Gasteiger charge is 2.24. The van der Waals surface area contributed by atoms with E-state index in [1.165, 1.54) is 0 Å². The van der Waals surface area contributed by atoms with Crippen molar-refractivity contribution < 1.29 is 23.4 Å². The molecule has 0 spiro atoms. The first-order chi connectivity index (χ1) is 12.5. The molecular weight excluding hydrogens is 334 g/mol. The first kappa shape index (κ1) is 19.7. The lowest BCUT2D eigenvalue weighted by Gasteiger charge is -2.24. The third-order valence-electron chi connectivity index (χ3n) is 4.01. The van der Waals surface area contributed by atoms with Gasteiger partial charge in [0.1, 0.15) is 5.76 Å². The summed E-state index contributed by atoms with van der Waals surface area (Å²) in [5.74, 6) is 2.10. The van der Waals surface area contributed by atoms with Gasteiger partial charge in [0.25, 0.3) is 5.91 Å². The number of nitrogens with zero attached hydrogens (tertiary/aromatic N) is 1. The van der Waals surface area contributed by atoms with E-state index in [0.29, 0.717) is 42.6 Å². The van der Waals surface area contributed by atoms with Crippen molar-refractivity contribution in [1.29, 1.82) is 0 Å². The monoisotopic (exact) mass is 361 g/mol. The molecule has 1 amide bonds. The van der Waals surface area contributed by atoms with E-state index < -0.39 is 0 Å². The number of amides is 1. The summed E-state index contributed by atoms with van der Waals surface area (Å²) in [4.78, 5) is 14.6. The Morgan fingerprint density at radius 1 is 1.08 bits per heavy atom. The van der Waals surface area contributed by atoms with Crippen LogP contribution in [-0.4, -0.2) is 37.7 Å². The van der Waals surface area contributed by atoms with E-state index in [-0.39, 0.29) is 11.9 Å². The van der Waals surface area contributed by atoms with Crippen LogP contribution in [0.4, 0.5) is 0 Å². The summed E-state index contributed by atoms with van der Waals surface area (Å²) in [7, 11) is 1.74. The fourth-order valence-corrected chi connectivity index (χ4v) is 2.61. The van der Waals surface area contributed by atoms with Crippen molar-refractivity contribution in [2.45, 2.75) is 33.7 Å². The van der Waals surface area contributed by atoms with Gasteiger partial charge in [-0.15, -0.1) is 0 Å². The van der Waals surface area contributed by atoms with E-state index in [0.717, 1.165) is 5.76 Å². The topological polar surface area (TPSA) is 61.1 Å². The molecule has 6 nitrogen and oxygen atoms in total. The molecule has 26 heavy (non-hydrogen) atoms. The van der Waals surface area contributed by atoms with Crippen molar-refractivity contribution in [2.75, 3.05) is 26.9 Å². The van der Waals surface area contributed by atoms with Crippen LogP contribution in [0.5, 0.6) is 17.2 Å². The van der Waals surface area contributed by atoms with Gasteiger partial charge in [0.15, 0.2) is 11.5 Å². The average Bonchev–Trinajstić information content (AvgIpc) is 3.17. The normalized spacial score (nSPS) is 11.7. The molecular formula is C20H27NO5. The van der Waals surface area contributed by atoms with Crippen molar-refractivity contribution in [3.05, 3.63) is 41.9 Å². The van der Waals surface area contributed by atoms with E-state index in [4.69, 9.17) is 18.6 Å². The summed E-state index contributed by atoms with van der Waals surface area (Å²) < 4.78 is 22.5. The van der Waals surface area contributed by atoms with Gasteiger partial charge in [-0.2, -0.15) is 0 Å². The largest absolute Gasteiger partial charge is 0.490 e. The molecule has 0 aliphatic rings. The second-order valence-corrected chi connectivity index (χ2v) is 5.71. The third kappa shape index (κ3) is 4.31. The van der Waals surface area contributed by atoms with E-state index >= 15 is 0 Å². The van der Waals surface area contributed by atoms with Gasteiger partial charge in [0, 0.05) is 12.6 Å². The third-order valence-corrected chi connectivity index (χ3v) is 4.01. The molecule has 1 aromatic heterocycles. The van der Waals surface area contributed by atoms with Gasteiger partial charge >= 0.3 is 0 Å². The first-order valence-corrected chi connectivity index (χ1v) is 8.90. The van der Waals surface area contributed by atoms with E-state index in [9.17, 15) is 4.79 Å². The van der Waals surface area contributed by atoms with Gasteiger partial charge in [0.05, 0.1) is 32.1 Å². The maximum Gasteiger partial charge on any atom is 0.254 e. The highest BCUT2D eigenvalue weighted by molar-refractivity contribution is 5.95. The van der Waals surface area contributed by atoms with Crippen LogP contribution in [0.15, 0.2) is 34.9 Å². The van der Waals surface area contributed by atoms with Crippen molar-refractivity contribution in [3.63, 3.8) is 0 Å². The van der Waals surface area contributed by atoms with Gasteiger partial charge < -0.3 is 23.5 Å². The Bertz CT molecular complexity index is 684. The van der Waals surface area contributed by atoms with Gasteiger partial charge in [-0.05, 0) is 52.0 Å². The minimum atomic E-state index is -0.199. The molecule has 2 aromatic rings. The standard InChI is InChI=1S/C20H27NO5/c1-6-23-17-12-15(13-18(24-7-2)19(17)25-8-3)20(22)21(5)14(4)16-10-9-11-26-16/h9-14H,6-8H2,1-5H3. The van der Waals surface area contributed by atoms with Crippen LogP contribution >= 0.6 is 0 Å². The molecule has 0 aliphatic carbocycles. The number of hydrogen-bond donors (Lipinski definition) is 0. The predicted molar refractivity (Wildman–Crippen MR) is 99.2 cm³/mol. The van der Waals surface area contributed by atoms with Gasteiger partial charge in [-0.1, -0.05) is 0 Å². The number of hydrogen-bond acceptors (Lipinski definition) is 5. The summed E-state index contributed by atoms with van der Waals surface area (Å²) in [6.45, 7) is 8.97. The zero-order valence-corrected chi connectivity index (χ0v) is 16.1. The van der Waals surface area contributed by atoms with E-state index in [1.807, 2.05) is 33.8 Å². The molecule has 1 heterocycles. The van der Waals surface area contributed by atoms with Crippen molar-refractivity contribution in [3.8, 4) is 17.2 Å². The van der Waals surface area contributed by atoms with Crippen molar-refractivity contribution in [1.82, 2.24) is 4.90 Å². The lowest BCUT2D eigenvalue weighted by atomic mass is 10.1. The average molecular weight is 361 g/mol. The molecule has 0 saturated heterocycles. The van der Waals surface area contributed by atoms with Crippen LogP contribution in [0, 0.1) is 0 Å². The molecule has 0 aliphatic heterocycles. The van der Waals surface area contributed by atoms with Gasteiger partial charge in [-0.25, -0.2) is 0 Å². The van der Waals surface area contributed by atoms with Crippen molar-refractivity contribution in [2.24, 2.45) is 0 Å². The van der Waals surface area contributed by atoms with Crippen LogP contribution in [0.3, 0.4) is 0 Å². The number of carbonyl (C=O) groups excluding carboxylic acids is 1. The molecule has 0 bridgehead atoms. The zero-order chi connectivity index (χ0) is 19.1. The number of benzene rings is 1. The highest BCUT2D eigenvalue weighted by atomic mass is 16.5. The summed E-state index contributed by atoms with van der Waals surface area (Å²) in [6.07, 6.45) is 1.60. The molecule has 6 heteroatoms. The van der Waals surface area contributed by atoms with Crippen molar-refractivity contribution >= 4 is 5.91 Å². The Kier molecular flexibility index (Phi) is 6.95. The summed E-state index contributed by atoms with van der Waals surface area (Å²) in [5.41, 5.74) is 0.473. The van der Waals surface area contributed by atoms with Crippen LogP contribution < -0.4 is 14.2 Å². The SMILES string of the molecule is CCOc1cc(C(=O)N(C)C(C)c2ccco2)cc(OCC)c1OCC. The Morgan fingerprint density at radius 2 is 1.65 bits per heavy atom. The maximum absolute atomic E-state index is 13.0. The molecule has 1 atom stereocenters. The molecule has 0 radical (unpaired) electrons. The number of rotatable bonds is 9. The summed E-state index contributed by atoms with van der Waals surface area (Å²) in [6, 6.07) is 6.86. The number of furan rings is 1. The minimum Gasteiger partial charge on any atom is -0.490 e. The summed E-state index contributed by atoms with van der Waals surface area (Å²) >= 11 is 0. The summed E-state index contributed by atoms with van der Waals surface area (Å²) in [5, 5.41) is 0. The molecule has 1 unspecified atom stereocenters. The Morgan fingerprint density at radius 3 is 2.12 bits per heavy atom.